The number of nitrogens with two attached hydrogens (primary N) is 1. The molecule has 0 atom stereocenters. The average molecular weight is 307 g/mol. The highest BCUT2D eigenvalue weighted by molar-refractivity contribution is 5.67. The van der Waals surface area contributed by atoms with Crippen molar-refractivity contribution in [1.29, 1.82) is 0 Å². The van der Waals surface area contributed by atoms with Crippen LogP contribution in [0.15, 0.2) is 24.3 Å². The second kappa shape index (κ2) is 9.18. The van der Waals surface area contributed by atoms with Crippen LogP contribution in [-0.4, -0.2) is 24.8 Å². The van der Waals surface area contributed by atoms with Crippen molar-refractivity contribution in [2.45, 2.75) is 52.1 Å². The molecule has 0 aromatic heterocycles. The van der Waals surface area contributed by atoms with Gasteiger partial charge in [0.05, 0.1) is 0 Å². The maximum atomic E-state index is 11.4. The Balaban J connectivity index is 1.95. The molecule has 1 rings (SSSR count). The molecule has 0 fully saturated rings. The third kappa shape index (κ3) is 9.10. The van der Waals surface area contributed by atoms with Gasteiger partial charge in [-0.3, -0.25) is 0 Å². The molecule has 0 spiro atoms. The molecule has 0 saturated heterocycles. The zero-order valence-corrected chi connectivity index (χ0v) is 13.9. The van der Waals surface area contributed by atoms with E-state index in [-0.39, 0.29) is 6.09 Å². The van der Waals surface area contributed by atoms with Crippen LogP contribution in [-0.2, 0) is 4.74 Å². The lowest BCUT2D eigenvalue weighted by atomic mass is 10.2. The molecule has 0 aliphatic carbocycles. The van der Waals surface area contributed by atoms with Crippen molar-refractivity contribution in [1.82, 2.24) is 5.32 Å². The molecule has 1 aromatic carbocycles. The molecule has 0 radical (unpaired) electrons. The monoisotopic (exact) mass is 307 g/mol. The number of carbonyl (C=O) groups is 1. The van der Waals surface area contributed by atoms with E-state index in [1.165, 1.54) is 0 Å². The quantitative estimate of drug-likeness (QED) is 0.505. The van der Waals surface area contributed by atoms with E-state index in [4.69, 9.17) is 10.5 Å². The van der Waals surface area contributed by atoms with Gasteiger partial charge in [0, 0.05) is 24.5 Å². The van der Waals surface area contributed by atoms with Gasteiger partial charge in [0.2, 0.25) is 0 Å². The fourth-order valence-electron chi connectivity index (χ4n) is 1.94. The van der Waals surface area contributed by atoms with E-state index in [1.807, 2.05) is 45.0 Å². The number of anilines is 2. The lowest BCUT2D eigenvalue weighted by Gasteiger charge is -2.19. The zero-order valence-electron chi connectivity index (χ0n) is 13.9. The van der Waals surface area contributed by atoms with E-state index < -0.39 is 5.60 Å². The maximum absolute atomic E-state index is 11.4. The molecular formula is C17H29N3O2. The average Bonchev–Trinajstić information content (AvgIpc) is 2.42. The lowest BCUT2D eigenvalue weighted by molar-refractivity contribution is 0.0527. The Morgan fingerprint density at radius 2 is 1.64 bits per heavy atom. The number of ether oxygens (including phenoxy) is 1. The standard InChI is InChI=1S/C17H29N3O2/c1-17(2,3)22-16(21)20-13-7-5-4-6-12-19-15-10-8-14(18)9-11-15/h8-11,19H,4-7,12-13,18H2,1-3H3,(H,20,21). The lowest BCUT2D eigenvalue weighted by Crippen LogP contribution is -2.32. The van der Waals surface area contributed by atoms with Crippen LogP contribution >= 0.6 is 0 Å². The molecule has 0 saturated carbocycles. The molecular weight excluding hydrogens is 278 g/mol. The normalized spacial score (nSPS) is 11.0. The molecule has 0 unspecified atom stereocenters. The summed E-state index contributed by atoms with van der Waals surface area (Å²) < 4.78 is 5.17. The van der Waals surface area contributed by atoms with E-state index in [0.29, 0.717) is 6.54 Å². The number of hydrogen-bond acceptors (Lipinski definition) is 4. The van der Waals surface area contributed by atoms with Gasteiger partial charge in [-0.05, 0) is 57.9 Å². The van der Waals surface area contributed by atoms with E-state index in [1.54, 1.807) is 0 Å². The fourth-order valence-corrected chi connectivity index (χ4v) is 1.94. The van der Waals surface area contributed by atoms with Gasteiger partial charge in [0.15, 0.2) is 0 Å². The molecule has 0 heterocycles. The van der Waals surface area contributed by atoms with Crippen LogP contribution in [0.3, 0.4) is 0 Å². The van der Waals surface area contributed by atoms with Crippen molar-refractivity contribution in [3.05, 3.63) is 24.3 Å². The highest BCUT2D eigenvalue weighted by atomic mass is 16.6. The van der Waals surface area contributed by atoms with Crippen LogP contribution < -0.4 is 16.4 Å². The molecule has 124 valence electrons. The Labute approximate surface area is 133 Å². The molecule has 5 heteroatoms. The van der Waals surface area contributed by atoms with Crippen molar-refractivity contribution in [2.24, 2.45) is 0 Å². The number of nitrogens with one attached hydrogen (secondary N) is 2. The van der Waals surface area contributed by atoms with Crippen molar-refractivity contribution < 1.29 is 9.53 Å². The predicted molar refractivity (Wildman–Crippen MR) is 92.0 cm³/mol. The van der Waals surface area contributed by atoms with Crippen molar-refractivity contribution in [3.63, 3.8) is 0 Å². The first-order valence-corrected chi connectivity index (χ1v) is 7.93. The summed E-state index contributed by atoms with van der Waals surface area (Å²) in [7, 11) is 0. The summed E-state index contributed by atoms with van der Waals surface area (Å²) in [6.45, 7) is 7.20. The van der Waals surface area contributed by atoms with Crippen LogP contribution in [0.2, 0.25) is 0 Å². The number of alkyl carbamates (subject to hydrolysis) is 1. The van der Waals surface area contributed by atoms with E-state index in [9.17, 15) is 4.79 Å². The van der Waals surface area contributed by atoms with E-state index in [2.05, 4.69) is 10.6 Å². The fraction of sp³-hybridized carbons (Fsp3) is 0.588. The van der Waals surface area contributed by atoms with Crippen molar-refractivity contribution in [3.8, 4) is 0 Å². The van der Waals surface area contributed by atoms with Gasteiger partial charge < -0.3 is 21.1 Å². The summed E-state index contributed by atoms with van der Waals surface area (Å²) in [5, 5.41) is 6.13. The van der Waals surface area contributed by atoms with Crippen LogP contribution in [0.5, 0.6) is 0 Å². The summed E-state index contributed by atoms with van der Waals surface area (Å²) in [6, 6.07) is 7.76. The van der Waals surface area contributed by atoms with Gasteiger partial charge in [0.25, 0.3) is 0 Å². The SMILES string of the molecule is CC(C)(C)OC(=O)NCCCCCCNc1ccc(N)cc1. The minimum atomic E-state index is -0.433. The smallest absolute Gasteiger partial charge is 0.407 e. The highest BCUT2D eigenvalue weighted by Gasteiger charge is 2.15. The minimum Gasteiger partial charge on any atom is -0.444 e. The van der Waals surface area contributed by atoms with Crippen molar-refractivity contribution >= 4 is 17.5 Å². The first-order valence-electron chi connectivity index (χ1n) is 7.93. The molecule has 22 heavy (non-hydrogen) atoms. The second-order valence-corrected chi connectivity index (χ2v) is 6.39. The Hall–Kier alpha value is -1.91. The molecule has 4 N–H and O–H groups in total. The molecule has 1 amide bonds. The number of rotatable bonds is 8. The molecule has 0 aliphatic rings. The number of carbonyl (C=O) groups excluding carboxylic acids is 1. The van der Waals surface area contributed by atoms with Gasteiger partial charge in [-0.15, -0.1) is 0 Å². The van der Waals surface area contributed by atoms with Crippen LogP contribution in [0.4, 0.5) is 16.2 Å². The summed E-state index contributed by atoms with van der Waals surface area (Å²) >= 11 is 0. The Morgan fingerprint density at radius 3 is 2.23 bits per heavy atom. The highest BCUT2D eigenvalue weighted by Crippen LogP contribution is 2.11. The zero-order chi connectivity index (χ0) is 16.4. The van der Waals surface area contributed by atoms with Gasteiger partial charge in [-0.2, -0.15) is 0 Å². The number of hydrogen-bond donors (Lipinski definition) is 3. The maximum Gasteiger partial charge on any atom is 0.407 e. The summed E-state index contributed by atoms with van der Waals surface area (Å²) in [5.41, 5.74) is 7.08. The minimum absolute atomic E-state index is 0.336. The van der Waals surface area contributed by atoms with E-state index >= 15 is 0 Å². The largest absolute Gasteiger partial charge is 0.444 e. The topological polar surface area (TPSA) is 76.4 Å². The third-order valence-corrected chi connectivity index (χ3v) is 3.01. The Morgan fingerprint density at radius 1 is 1.05 bits per heavy atom. The Kier molecular flexibility index (Phi) is 7.57. The Bertz CT molecular complexity index is 438. The first-order chi connectivity index (χ1) is 10.4. The second-order valence-electron chi connectivity index (χ2n) is 6.39. The van der Waals surface area contributed by atoms with Gasteiger partial charge in [-0.1, -0.05) is 12.8 Å². The van der Waals surface area contributed by atoms with Gasteiger partial charge in [0.1, 0.15) is 5.60 Å². The molecule has 5 nitrogen and oxygen atoms in total. The molecule has 0 bridgehead atoms. The number of nitrogen functional groups attached to an aromatic ring is 1. The summed E-state index contributed by atoms with van der Waals surface area (Å²) in [6.07, 6.45) is 3.98. The molecule has 0 aliphatic heterocycles. The van der Waals surface area contributed by atoms with Crippen LogP contribution in [0, 0.1) is 0 Å². The van der Waals surface area contributed by atoms with Crippen LogP contribution in [0.1, 0.15) is 46.5 Å². The van der Waals surface area contributed by atoms with E-state index in [0.717, 1.165) is 43.6 Å². The summed E-state index contributed by atoms with van der Waals surface area (Å²) in [5.74, 6) is 0. The number of amides is 1. The number of unbranched alkanes of at least 4 members (excludes halogenated alkanes) is 3. The van der Waals surface area contributed by atoms with Gasteiger partial charge >= 0.3 is 6.09 Å². The third-order valence-electron chi connectivity index (χ3n) is 3.01. The predicted octanol–water partition coefficient (Wildman–Crippen LogP) is 3.77. The first kappa shape index (κ1) is 18.1. The number of benzene rings is 1. The van der Waals surface area contributed by atoms with Gasteiger partial charge in [-0.25, -0.2) is 4.79 Å². The van der Waals surface area contributed by atoms with Crippen molar-refractivity contribution in [2.75, 3.05) is 24.1 Å². The molecule has 1 aromatic rings. The van der Waals surface area contributed by atoms with Crippen LogP contribution in [0.25, 0.3) is 0 Å². The summed E-state index contributed by atoms with van der Waals surface area (Å²) in [4.78, 5) is 11.4.